The summed E-state index contributed by atoms with van der Waals surface area (Å²) in [7, 11) is 1.81. The Morgan fingerprint density at radius 1 is 1.24 bits per heavy atom. The van der Waals surface area contributed by atoms with E-state index in [-0.39, 0.29) is 11.5 Å². The van der Waals surface area contributed by atoms with Gasteiger partial charge in [0.05, 0.1) is 16.6 Å². The van der Waals surface area contributed by atoms with E-state index in [1.54, 1.807) is 27.4 Å². The highest BCUT2D eigenvalue weighted by atomic mass is 32.1. The first-order chi connectivity index (χ1) is 11.9. The van der Waals surface area contributed by atoms with E-state index in [1.807, 2.05) is 19.9 Å². The molecule has 0 atom stereocenters. The van der Waals surface area contributed by atoms with Crippen molar-refractivity contribution in [2.24, 2.45) is 7.05 Å². The molecule has 0 N–H and O–H groups in total. The second kappa shape index (κ2) is 5.80. The first-order valence-corrected chi connectivity index (χ1v) is 9.05. The molecular weight excluding hydrogens is 338 g/mol. The van der Waals surface area contributed by atoms with E-state index in [1.165, 1.54) is 11.3 Å². The van der Waals surface area contributed by atoms with Gasteiger partial charge in [0, 0.05) is 44.2 Å². The molecule has 1 aliphatic rings. The fourth-order valence-electron chi connectivity index (χ4n) is 3.35. The Morgan fingerprint density at radius 2 is 2.04 bits per heavy atom. The van der Waals surface area contributed by atoms with Crippen LogP contribution in [0.2, 0.25) is 0 Å². The third-order valence-corrected chi connectivity index (χ3v) is 5.53. The second-order valence-corrected chi connectivity index (χ2v) is 7.64. The molecule has 1 aliphatic heterocycles. The van der Waals surface area contributed by atoms with Gasteiger partial charge in [-0.2, -0.15) is 5.10 Å². The summed E-state index contributed by atoms with van der Waals surface area (Å²) in [4.78, 5) is 33.9. The van der Waals surface area contributed by atoms with Gasteiger partial charge in [0.1, 0.15) is 10.7 Å². The molecule has 4 rings (SSSR count). The Hall–Kier alpha value is -2.48. The van der Waals surface area contributed by atoms with E-state index in [4.69, 9.17) is 0 Å². The summed E-state index contributed by atoms with van der Waals surface area (Å²) in [6.07, 6.45) is 2.33. The Bertz CT molecular complexity index is 1050. The standard InChI is InChI=1S/C17H19N5O2S/c1-10-8-12-15(25-10)18-14-4-5-21(6-7-22(14)17(12)24)16(23)13-9-20(3)19-11(13)2/h8-9H,4-7H2,1-3H3. The lowest BCUT2D eigenvalue weighted by atomic mass is 10.2. The average Bonchev–Trinajstić information content (AvgIpc) is 3.01. The number of thiophene rings is 1. The van der Waals surface area contributed by atoms with E-state index >= 15 is 0 Å². The van der Waals surface area contributed by atoms with Gasteiger partial charge in [0.2, 0.25) is 0 Å². The average molecular weight is 357 g/mol. The van der Waals surface area contributed by atoms with Gasteiger partial charge in [0.15, 0.2) is 0 Å². The van der Waals surface area contributed by atoms with Crippen LogP contribution in [0.5, 0.6) is 0 Å². The van der Waals surface area contributed by atoms with Gasteiger partial charge in [-0.3, -0.25) is 18.8 Å². The minimum Gasteiger partial charge on any atom is -0.336 e. The van der Waals surface area contributed by atoms with E-state index in [0.717, 1.165) is 21.2 Å². The monoisotopic (exact) mass is 357 g/mol. The molecule has 3 aromatic rings. The largest absolute Gasteiger partial charge is 0.336 e. The molecule has 4 heterocycles. The Labute approximate surface area is 148 Å². The fourth-order valence-corrected chi connectivity index (χ4v) is 4.24. The first-order valence-electron chi connectivity index (χ1n) is 8.23. The lowest BCUT2D eigenvalue weighted by molar-refractivity contribution is 0.0758. The molecule has 0 bridgehead atoms. The normalized spacial score (nSPS) is 14.6. The topological polar surface area (TPSA) is 73.0 Å². The van der Waals surface area contributed by atoms with Gasteiger partial charge in [-0.25, -0.2) is 4.98 Å². The van der Waals surface area contributed by atoms with Crippen LogP contribution in [-0.2, 0) is 20.0 Å². The Kier molecular flexibility index (Phi) is 3.72. The lowest BCUT2D eigenvalue weighted by Gasteiger charge is -2.19. The second-order valence-electron chi connectivity index (χ2n) is 6.40. The van der Waals surface area contributed by atoms with Crippen molar-refractivity contribution in [3.8, 4) is 0 Å². The molecule has 7 nitrogen and oxygen atoms in total. The van der Waals surface area contributed by atoms with Gasteiger partial charge in [-0.15, -0.1) is 11.3 Å². The summed E-state index contributed by atoms with van der Waals surface area (Å²) in [6, 6.07) is 1.90. The predicted molar refractivity (Wildman–Crippen MR) is 96.2 cm³/mol. The van der Waals surface area contributed by atoms with E-state index in [2.05, 4.69) is 10.1 Å². The van der Waals surface area contributed by atoms with E-state index < -0.39 is 0 Å². The molecule has 0 radical (unpaired) electrons. The maximum atomic E-state index is 12.8. The number of carbonyl (C=O) groups is 1. The molecule has 0 aromatic carbocycles. The van der Waals surface area contributed by atoms with Crippen molar-refractivity contribution in [1.29, 1.82) is 0 Å². The number of rotatable bonds is 1. The van der Waals surface area contributed by atoms with Crippen molar-refractivity contribution >= 4 is 27.5 Å². The minimum absolute atomic E-state index is 0.00351. The molecule has 0 spiro atoms. The highest BCUT2D eigenvalue weighted by Crippen LogP contribution is 2.21. The van der Waals surface area contributed by atoms with Crippen LogP contribution in [0.1, 0.15) is 26.8 Å². The van der Waals surface area contributed by atoms with Crippen LogP contribution in [0, 0.1) is 13.8 Å². The quantitative estimate of drug-likeness (QED) is 0.662. The molecule has 0 unspecified atom stereocenters. The van der Waals surface area contributed by atoms with Gasteiger partial charge < -0.3 is 4.90 Å². The van der Waals surface area contributed by atoms with Crippen LogP contribution in [0.25, 0.3) is 10.2 Å². The molecule has 3 aromatic heterocycles. The number of hydrogen-bond acceptors (Lipinski definition) is 5. The fraction of sp³-hybridized carbons (Fsp3) is 0.412. The number of nitrogens with zero attached hydrogens (tertiary/aromatic N) is 5. The van der Waals surface area contributed by atoms with Crippen LogP contribution in [0.3, 0.4) is 0 Å². The van der Waals surface area contributed by atoms with Crippen LogP contribution in [0.4, 0.5) is 0 Å². The van der Waals surface area contributed by atoms with Crippen LogP contribution in [-0.4, -0.2) is 43.2 Å². The molecule has 0 saturated carbocycles. The van der Waals surface area contributed by atoms with Gasteiger partial charge >= 0.3 is 0 Å². The van der Waals surface area contributed by atoms with Crippen molar-refractivity contribution in [3.05, 3.63) is 44.6 Å². The summed E-state index contributed by atoms with van der Waals surface area (Å²) >= 11 is 1.54. The van der Waals surface area contributed by atoms with Crippen molar-refractivity contribution in [2.45, 2.75) is 26.8 Å². The van der Waals surface area contributed by atoms with Crippen molar-refractivity contribution < 1.29 is 4.79 Å². The molecule has 25 heavy (non-hydrogen) atoms. The summed E-state index contributed by atoms with van der Waals surface area (Å²) in [5, 5.41) is 4.92. The summed E-state index contributed by atoms with van der Waals surface area (Å²) in [6.45, 7) is 5.34. The van der Waals surface area contributed by atoms with Crippen molar-refractivity contribution in [2.75, 3.05) is 13.1 Å². The number of carbonyl (C=O) groups excluding carboxylic acids is 1. The molecule has 0 fully saturated rings. The summed E-state index contributed by atoms with van der Waals surface area (Å²) in [5.74, 6) is 0.724. The third-order valence-electron chi connectivity index (χ3n) is 4.58. The van der Waals surface area contributed by atoms with Gasteiger partial charge in [-0.05, 0) is 19.9 Å². The zero-order valence-corrected chi connectivity index (χ0v) is 15.3. The highest BCUT2D eigenvalue weighted by Gasteiger charge is 2.24. The van der Waals surface area contributed by atoms with E-state index in [9.17, 15) is 9.59 Å². The SMILES string of the molecule is Cc1cc2c(=O)n3c(nc2s1)CCN(C(=O)c1cn(C)nc1C)CC3. The van der Waals surface area contributed by atoms with E-state index in [0.29, 0.717) is 37.0 Å². The zero-order chi connectivity index (χ0) is 17.7. The zero-order valence-electron chi connectivity index (χ0n) is 14.4. The van der Waals surface area contributed by atoms with Crippen molar-refractivity contribution in [3.63, 3.8) is 0 Å². The smallest absolute Gasteiger partial charge is 0.262 e. The van der Waals surface area contributed by atoms with Crippen LogP contribution >= 0.6 is 11.3 Å². The molecule has 0 aliphatic carbocycles. The molecule has 8 heteroatoms. The van der Waals surface area contributed by atoms with Crippen LogP contribution in [0.15, 0.2) is 17.1 Å². The maximum Gasteiger partial charge on any atom is 0.262 e. The van der Waals surface area contributed by atoms with Crippen LogP contribution < -0.4 is 5.56 Å². The first kappa shape index (κ1) is 16.0. The number of hydrogen-bond donors (Lipinski definition) is 0. The number of aryl methyl sites for hydroxylation is 3. The molecule has 0 saturated heterocycles. The minimum atomic E-state index is -0.0379. The highest BCUT2D eigenvalue weighted by molar-refractivity contribution is 7.18. The predicted octanol–water partition coefficient (Wildman–Crippen LogP) is 1.51. The van der Waals surface area contributed by atoms with Crippen molar-refractivity contribution in [1.82, 2.24) is 24.2 Å². The number of fused-ring (bicyclic) bond motifs is 2. The molecule has 130 valence electrons. The van der Waals surface area contributed by atoms with Gasteiger partial charge in [-0.1, -0.05) is 0 Å². The number of amides is 1. The third kappa shape index (κ3) is 2.66. The lowest BCUT2D eigenvalue weighted by Crippen LogP contribution is -2.34. The maximum absolute atomic E-state index is 12.8. The molecular formula is C17H19N5O2S. The molecule has 1 amide bonds. The summed E-state index contributed by atoms with van der Waals surface area (Å²) in [5.41, 5.74) is 1.34. The van der Waals surface area contributed by atoms with Gasteiger partial charge in [0.25, 0.3) is 11.5 Å². The number of aromatic nitrogens is 4. The Balaban J connectivity index is 1.66. The Morgan fingerprint density at radius 3 is 2.76 bits per heavy atom. The summed E-state index contributed by atoms with van der Waals surface area (Å²) < 4.78 is 3.37.